The van der Waals surface area contributed by atoms with Crippen molar-refractivity contribution in [3.05, 3.63) is 35.6 Å². The van der Waals surface area contributed by atoms with E-state index in [9.17, 15) is 0 Å². The highest BCUT2D eigenvalue weighted by Crippen LogP contribution is 2.33. The van der Waals surface area contributed by atoms with E-state index in [1.54, 1.807) is 12.1 Å². The van der Waals surface area contributed by atoms with Crippen molar-refractivity contribution >= 4 is 17.3 Å². The number of nitrogen functional groups attached to an aromatic ring is 1. The summed E-state index contributed by atoms with van der Waals surface area (Å²) in [5.74, 6) is 0.996. The fraction of sp³-hybridized carbons (Fsp3) is 0.231. The van der Waals surface area contributed by atoms with Gasteiger partial charge in [0.1, 0.15) is 12.1 Å². The molecule has 0 saturated carbocycles. The maximum atomic E-state index is 6.01. The first-order valence-electron chi connectivity index (χ1n) is 5.77. The van der Waals surface area contributed by atoms with Gasteiger partial charge in [0, 0.05) is 0 Å². The second kappa shape index (κ2) is 5.75. The molecule has 0 atom stereocenters. The van der Waals surface area contributed by atoms with Gasteiger partial charge in [-0.05, 0) is 26.0 Å². The molecule has 0 amide bonds. The van der Waals surface area contributed by atoms with Crippen molar-refractivity contribution < 1.29 is 9.47 Å². The van der Waals surface area contributed by atoms with Gasteiger partial charge in [0.05, 0.1) is 11.1 Å². The molecule has 6 heteroatoms. The lowest BCUT2D eigenvalue weighted by Crippen LogP contribution is -2.10. The monoisotopic (exact) mass is 279 g/mol. The van der Waals surface area contributed by atoms with Gasteiger partial charge in [-0.3, -0.25) is 0 Å². The predicted octanol–water partition coefficient (Wildman–Crippen LogP) is 3.29. The smallest absolute Gasteiger partial charge is 0.249 e. The largest absolute Gasteiger partial charge is 0.473 e. The second-order valence-corrected chi connectivity index (χ2v) is 4.50. The Kier molecular flexibility index (Phi) is 4.06. The molecule has 100 valence electrons. The number of para-hydroxylation sites is 1. The molecule has 0 fully saturated rings. The van der Waals surface area contributed by atoms with Crippen molar-refractivity contribution in [3.8, 4) is 17.5 Å². The van der Waals surface area contributed by atoms with Crippen molar-refractivity contribution in [2.45, 2.75) is 20.0 Å². The first-order chi connectivity index (χ1) is 9.08. The number of hydrogen-bond donors (Lipinski definition) is 1. The van der Waals surface area contributed by atoms with Crippen LogP contribution in [-0.4, -0.2) is 16.1 Å². The van der Waals surface area contributed by atoms with Gasteiger partial charge >= 0.3 is 0 Å². The van der Waals surface area contributed by atoms with E-state index >= 15 is 0 Å². The molecule has 2 N–H and O–H groups in total. The van der Waals surface area contributed by atoms with Crippen LogP contribution < -0.4 is 15.2 Å². The minimum Gasteiger partial charge on any atom is -0.473 e. The van der Waals surface area contributed by atoms with Gasteiger partial charge in [0.25, 0.3) is 0 Å². The molecule has 0 saturated heterocycles. The van der Waals surface area contributed by atoms with Crippen LogP contribution in [-0.2, 0) is 0 Å². The van der Waals surface area contributed by atoms with Crippen LogP contribution in [0, 0.1) is 0 Å². The second-order valence-electron chi connectivity index (χ2n) is 4.10. The fourth-order valence-corrected chi connectivity index (χ4v) is 1.57. The van der Waals surface area contributed by atoms with Crippen LogP contribution in [0.5, 0.6) is 17.5 Å². The number of anilines is 1. The van der Waals surface area contributed by atoms with Crippen LogP contribution >= 0.6 is 11.6 Å². The summed E-state index contributed by atoms with van der Waals surface area (Å²) in [6.45, 7) is 3.77. The number of nitrogens with two attached hydrogens (primary N) is 1. The molecule has 1 aromatic carbocycles. The Balaban J connectivity index is 2.28. The lowest BCUT2D eigenvalue weighted by Gasteiger charge is -2.13. The van der Waals surface area contributed by atoms with E-state index in [0.717, 1.165) is 0 Å². The number of rotatable bonds is 4. The third-order valence-corrected chi connectivity index (χ3v) is 2.51. The Hall–Kier alpha value is -2.01. The molecule has 0 radical (unpaired) electrons. The summed E-state index contributed by atoms with van der Waals surface area (Å²) < 4.78 is 11.0. The first-order valence-corrected chi connectivity index (χ1v) is 6.15. The van der Waals surface area contributed by atoms with Gasteiger partial charge in [-0.15, -0.1) is 0 Å². The maximum absolute atomic E-state index is 6.01. The lowest BCUT2D eigenvalue weighted by molar-refractivity contribution is 0.233. The Morgan fingerprint density at radius 3 is 2.53 bits per heavy atom. The van der Waals surface area contributed by atoms with Gasteiger partial charge in [0.2, 0.25) is 11.8 Å². The molecule has 0 unspecified atom stereocenters. The third kappa shape index (κ3) is 3.26. The van der Waals surface area contributed by atoms with Crippen LogP contribution in [0.15, 0.2) is 30.6 Å². The summed E-state index contributed by atoms with van der Waals surface area (Å²) in [7, 11) is 0. The van der Waals surface area contributed by atoms with Crippen LogP contribution in [0.4, 0.5) is 5.69 Å². The molecule has 0 aliphatic heterocycles. The highest BCUT2D eigenvalue weighted by Gasteiger charge is 2.13. The zero-order valence-corrected chi connectivity index (χ0v) is 11.4. The van der Waals surface area contributed by atoms with Gasteiger partial charge in [-0.2, -0.15) is 9.97 Å². The van der Waals surface area contributed by atoms with E-state index in [0.29, 0.717) is 16.7 Å². The highest BCUT2D eigenvalue weighted by molar-refractivity contribution is 6.32. The summed E-state index contributed by atoms with van der Waals surface area (Å²) in [4.78, 5) is 7.96. The molecule has 0 aliphatic carbocycles. The Morgan fingerprint density at radius 1 is 1.16 bits per heavy atom. The number of aromatic nitrogens is 2. The first kappa shape index (κ1) is 13.4. The van der Waals surface area contributed by atoms with Crippen molar-refractivity contribution in [1.82, 2.24) is 9.97 Å². The fourth-order valence-electron chi connectivity index (χ4n) is 1.39. The zero-order chi connectivity index (χ0) is 13.8. The zero-order valence-electron chi connectivity index (χ0n) is 10.6. The van der Waals surface area contributed by atoms with Crippen molar-refractivity contribution in [3.63, 3.8) is 0 Å². The third-order valence-electron chi connectivity index (χ3n) is 2.20. The van der Waals surface area contributed by atoms with Crippen molar-refractivity contribution in [2.24, 2.45) is 0 Å². The average molecular weight is 280 g/mol. The molecule has 1 aromatic heterocycles. The molecule has 0 bridgehead atoms. The molecular formula is C13H14ClN3O2. The van der Waals surface area contributed by atoms with E-state index in [4.69, 9.17) is 26.8 Å². The summed E-state index contributed by atoms with van der Waals surface area (Å²) >= 11 is 6.01. The van der Waals surface area contributed by atoms with Crippen LogP contribution in [0.1, 0.15) is 13.8 Å². The topological polar surface area (TPSA) is 70.3 Å². The van der Waals surface area contributed by atoms with E-state index < -0.39 is 0 Å². The average Bonchev–Trinajstić information content (AvgIpc) is 2.36. The molecule has 1 heterocycles. The van der Waals surface area contributed by atoms with Crippen molar-refractivity contribution in [2.75, 3.05) is 5.73 Å². The van der Waals surface area contributed by atoms with Crippen LogP contribution in [0.2, 0.25) is 5.02 Å². The van der Waals surface area contributed by atoms with E-state index in [1.807, 2.05) is 26.0 Å². The SMILES string of the molecule is CC(C)Oc1ncnc(Oc2ccccc2Cl)c1N. The van der Waals surface area contributed by atoms with Crippen LogP contribution in [0.25, 0.3) is 0 Å². The van der Waals surface area contributed by atoms with Crippen LogP contribution in [0.3, 0.4) is 0 Å². The van der Waals surface area contributed by atoms with E-state index in [1.165, 1.54) is 6.33 Å². The Bertz CT molecular complexity index is 576. The lowest BCUT2D eigenvalue weighted by atomic mass is 10.3. The predicted molar refractivity (Wildman–Crippen MR) is 73.7 cm³/mol. The summed E-state index contributed by atoms with van der Waals surface area (Å²) in [6.07, 6.45) is 1.30. The normalized spacial score (nSPS) is 10.5. The van der Waals surface area contributed by atoms with E-state index in [-0.39, 0.29) is 17.7 Å². The number of halogens is 1. The number of nitrogens with zero attached hydrogens (tertiary/aromatic N) is 2. The molecular weight excluding hydrogens is 266 g/mol. The number of hydrogen-bond acceptors (Lipinski definition) is 5. The quantitative estimate of drug-likeness (QED) is 0.930. The summed E-state index contributed by atoms with van der Waals surface area (Å²) in [5, 5.41) is 0.479. The van der Waals surface area contributed by atoms with E-state index in [2.05, 4.69) is 9.97 Å². The summed E-state index contributed by atoms with van der Waals surface area (Å²) in [5.41, 5.74) is 6.16. The number of ether oxygens (including phenoxy) is 2. The van der Waals surface area contributed by atoms with Crippen molar-refractivity contribution in [1.29, 1.82) is 0 Å². The Morgan fingerprint density at radius 2 is 1.84 bits per heavy atom. The molecule has 2 rings (SSSR count). The standard InChI is InChI=1S/C13H14ClN3O2/c1-8(2)18-12-11(15)13(17-7-16-12)19-10-6-4-3-5-9(10)14/h3-8H,15H2,1-2H3. The van der Waals surface area contributed by atoms with Gasteiger partial charge in [0.15, 0.2) is 5.69 Å². The molecule has 19 heavy (non-hydrogen) atoms. The molecule has 0 aliphatic rings. The van der Waals surface area contributed by atoms with Gasteiger partial charge in [-0.25, -0.2) is 0 Å². The Labute approximate surface area is 116 Å². The number of benzene rings is 1. The molecule has 5 nitrogen and oxygen atoms in total. The summed E-state index contributed by atoms with van der Waals surface area (Å²) in [6, 6.07) is 7.07. The van der Waals surface area contributed by atoms with Gasteiger partial charge < -0.3 is 15.2 Å². The molecule has 0 spiro atoms. The highest BCUT2D eigenvalue weighted by atomic mass is 35.5. The minimum atomic E-state index is -0.0367. The minimum absolute atomic E-state index is 0.0367. The van der Waals surface area contributed by atoms with Gasteiger partial charge in [-0.1, -0.05) is 23.7 Å². The molecule has 2 aromatic rings. The maximum Gasteiger partial charge on any atom is 0.249 e.